The van der Waals surface area contributed by atoms with E-state index in [0.717, 1.165) is 0 Å². The van der Waals surface area contributed by atoms with Crippen molar-refractivity contribution in [1.82, 2.24) is 0 Å². The van der Waals surface area contributed by atoms with Gasteiger partial charge in [0.25, 0.3) is 0 Å². The maximum absolute atomic E-state index is 12.6. The Labute approximate surface area is 572 Å². The fourth-order valence-corrected chi connectivity index (χ4v) is 9.44. The molecule has 0 bridgehead atoms. The zero-order valence-electron chi connectivity index (χ0n) is 34.6. The van der Waals surface area contributed by atoms with Crippen LogP contribution in [0.15, 0.2) is 0 Å². The molecule has 0 heterocycles. The third-order valence-corrected chi connectivity index (χ3v) is 13.9. The van der Waals surface area contributed by atoms with Crippen molar-refractivity contribution in [3.8, 4) is 0 Å². The second-order valence-electron chi connectivity index (χ2n) is 13.3. The van der Waals surface area contributed by atoms with Gasteiger partial charge in [-0.25, -0.2) is 0 Å². The molecule has 6 atom stereocenters. The highest BCUT2D eigenvalue weighted by Crippen LogP contribution is 2.30. The van der Waals surface area contributed by atoms with Crippen LogP contribution in [0.1, 0.15) is 341 Å². The molecule has 18 heteroatoms. The molecular weight excluding hydrogens is 1160 g/mol. The quantitative estimate of drug-likeness (QED) is 0.0297. The third kappa shape index (κ3) is 118. The SMILES string of the molecule is C.C.C.C.C.C.C.C.C.C.C.C.C.C.C.C.C.C.C.C.C.C.C.C.C.C.C.C.C.C.CCC(CC(=O)O)SC(CC)CC(=O)OCCOCC(COCCOC(=O)CC(CC)SC(CC)CC(=O)O)OCCOC(=O)CC(CC)SC(CC)CC(=O)O. The third-order valence-electron chi connectivity index (χ3n) is 8.57. The summed E-state index contributed by atoms with van der Waals surface area (Å²) in [7, 11) is 0. The van der Waals surface area contributed by atoms with E-state index in [4.69, 9.17) is 43.7 Å². The molecule has 0 radical (unpaired) electrons. The minimum Gasteiger partial charge on any atom is -0.481 e. The first-order valence-electron chi connectivity index (χ1n) is 20.0. The molecule has 0 spiro atoms. The zero-order valence-corrected chi connectivity index (χ0v) is 37.1. The molecule has 6 unspecified atom stereocenters. The summed E-state index contributed by atoms with van der Waals surface area (Å²) < 4.78 is 33.4. The van der Waals surface area contributed by atoms with Crippen LogP contribution in [0.5, 0.6) is 0 Å². The number of rotatable bonds is 38. The van der Waals surface area contributed by atoms with Crippen LogP contribution in [-0.4, -0.2) is 142 Å². The molecule has 572 valence electrons. The van der Waals surface area contributed by atoms with Gasteiger partial charge in [0, 0.05) is 31.5 Å². The summed E-state index contributed by atoms with van der Waals surface area (Å²) in [5.74, 6) is -3.83. The van der Waals surface area contributed by atoms with Crippen molar-refractivity contribution in [3.63, 3.8) is 0 Å². The van der Waals surface area contributed by atoms with E-state index in [1.165, 1.54) is 35.3 Å². The molecular formula is C69H188O15S3. The van der Waals surface area contributed by atoms with Crippen LogP contribution >= 0.6 is 35.3 Å². The minimum atomic E-state index is -0.874. The van der Waals surface area contributed by atoms with E-state index in [0.29, 0.717) is 38.5 Å². The van der Waals surface area contributed by atoms with E-state index in [1.807, 2.05) is 41.5 Å². The Bertz CT molecular complexity index is 1100. The van der Waals surface area contributed by atoms with Gasteiger partial charge in [-0.15, -0.1) is 0 Å². The lowest BCUT2D eigenvalue weighted by Gasteiger charge is -2.21. The summed E-state index contributed by atoms with van der Waals surface area (Å²) in [6, 6.07) is 0. The molecule has 15 nitrogen and oxygen atoms in total. The first-order valence-corrected chi connectivity index (χ1v) is 22.9. The number of carbonyl (C=O) groups excluding carboxylic acids is 3. The topological polar surface area (TPSA) is 218 Å². The van der Waals surface area contributed by atoms with E-state index in [1.54, 1.807) is 0 Å². The van der Waals surface area contributed by atoms with Gasteiger partial charge in [0.2, 0.25) is 0 Å². The van der Waals surface area contributed by atoms with Crippen molar-refractivity contribution >= 4 is 71.1 Å². The van der Waals surface area contributed by atoms with Gasteiger partial charge >= 0.3 is 35.8 Å². The lowest BCUT2D eigenvalue weighted by Crippen LogP contribution is -2.29. The van der Waals surface area contributed by atoms with Crippen LogP contribution in [0.3, 0.4) is 0 Å². The van der Waals surface area contributed by atoms with E-state index in [-0.39, 0.29) is 346 Å². The molecule has 0 aromatic heterocycles. The van der Waals surface area contributed by atoms with Crippen molar-refractivity contribution in [2.75, 3.05) is 52.9 Å². The largest absolute Gasteiger partial charge is 0.481 e. The molecule has 0 aromatic carbocycles. The van der Waals surface area contributed by atoms with E-state index in [9.17, 15) is 28.8 Å². The Morgan fingerprint density at radius 1 is 0.276 bits per heavy atom. The maximum Gasteiger partial charge on any atom is 0.306 e. The van der Waals surface area contributed by atoms with Gasteiger partial charge in [-0.05, 0) is 38.5 Å². The summed E-state index contributed by atoms with van der Waals surface area (Å²) in [6.07, 6.45) is 4.05. The van der Waals surface area contributed by atoms with E-state index in [2.05, 4.69) is 0 Å². The van der Waals surface area contributed by atoms with Gasteiger partial charge in [0.15, 0.2) is 0 Å². The van der Waals surface area contributed by atoms with Gasteiger partial charge in [-0.3, -0.25) is 28.8 Å². The Kier molecular flexibility index (Phi) is 314. The number of hydrogen-bond acceptors (Lipinski definition) is 15. The fourth-order valence-electron chi connectivity index (χ4n) is 5.24. The van der Waals surface area contributed by atoms with Crippen LogP contribution in [0.4, 0.5) is 0 Å². The van der Waals surface area contributed by atoms with Crippen LogP contribution in [0, 0.1) is 0 Å². The van der Waals surface area contributed by atoms with Crippen molar-refractivity contribution in [2.45, 2.75) is 379 Å². The number of carboxylic acids is 3. The predicted molar refractivity (Wildman–Crippen MR) is 424 cm³/mol. The molecule has 87 heavy (non-hydrogen) atoms. The van der Waals surface area contributed by atoms with Crippen LogP contribution in [0.2, 0.25) is 0 Å². The van der Waals surface area contributed by atoms with Crippen LogP contribution in [-0.2, 0) is 57.2 Å². The predicted octanol–water partition coefficient (Wildman–Crippen LogP) is 25.6. The van der Waals surface area contributed by atoms with Gasteiger partial charge in [0.1, 0.15) is 25.9 Å². The second kappa shape index (κ2) is 133. The highest BCUT2D eigenvalue weighted by molar-refractivity contribution is 8.01. The number of ether oxygens (including phenoxy) is 6. The number of carbonyl (C=O) groups is 6. The monoisotopic (exact) mass is 1350 g/mol. The number of aliphatic carboxylic acids is 3. The molecule has 0 amide bonds. The number of esters is 3. The molecule has 0 aliphatic heterocycles. The van der Waals surface area contributed by atoms with Crippen molar-refractivity contribution < 1.29 is 72.5 Å². The molecule has 3 N–H and O–H groups in total. The van der Waals surface area contributed by atoms with Gasteiger partial charge in [0.05, 0.1) is 71.6 Å². The van der Waals surface area contributed by atoms with Gasteiger partial charge in [-0.2, -0.15) is 35.3 Å². The molecule has 0 aliphatic carbocycles. The molecule has 0 aromatic rings. The standard InChI is InChI=1S/C39H68O15S3.30CH4/c1-7-28(19-34(40)41)55-31(10-4)22-37(46)52-15-13-49-25-27(51-17-18-54-39(48)24-33(12-6)57-30(9-3)21-36(44)45)26-50-14-16-53-38(47)23-32(11-5)56-29(8-2)20-35(42)43;;;;;;;;;;;;;;;;;;;;;;;;;;;;;;/h27-33H,7-26H2,1-6H3,(H,40,41)(H,42,43)(H,44,45);30*1H4. The van der Waals surface area contributed by atoms with Crippen LogP contribution < -0.4 is 0 Å². The Morgan fingerprint density at radius 2 is 0.448 bits per heavy atom. The Morgan fingerprint density at radius 3 is 0.621 bits per heavy atom. The number of carboxylic acid groups (broad SMARTS) is 3. The second-order valence-corrected chi connectivity index (χ2v) is 18.1. The summed E-state index contributed by atoms with van der Waals surface area (Å²) >= 11 is 4.47. The zero-order chi connectivity index (χ0) is 43.0. The normalized spacial score (nSPS) is 9.86. The summed E-state index contributed by atoms with van der Waals surface area (Å²) in [6.45, 7) is 11.9. The first-order chi connectivity index (χ1) is 27.2. The lowest BCUT2D eigenvalue weighted by molar-refractivity contribution is -0.150. The first kappa shape index (κ1) is 206. The van der Waals surface area contributed by atoms with Crippen molar-refractivity contribution in [1.29, 1.82) is 0 Å². The average molecular weight is 1350 g/mol. The summed E-state index contributed by atoms with van der Waals surface area (Å²) in [4.78, 5) is 70.9. The average Bonchev–Trinajstić information content (AvgIpc) is 3.16. The Hall–Kier alpha value is -2.25. The number of hydrogen-bond donors (Lipinski definition) is 3. The van der Waals surface area contributed by atoms with Crippen LogP contribution in [0.25, 0.3) is 0 Å². The smallest absolute Gasteiger partial charge is 0.306 e. The molecule has 0 aliphatic rings. The van der Waals surface area contributed by atoms with E-state index < -0.39 is 41.9 Å². The van der Waals surface area contributed by atoms with Crippen molar-refractivity contribution in [2.24, 2.45) is 0 Å². The number of thioether (sulfide) groups is 3. The molecule has 0 saturated carbocycles. The van der Waals surface area contributed by atoms with Gasteiger partial charge in [-0.1, -0.05) is 264 Å². The summed E-state index contributed by atoms with van der Waals surface area (Å²) in [5, 5.41) is 26.9. The highest BCUT2D eigenvalue weighted by Gasteiger charge is 2.23. The minimum absolute atomic E-state index is 0. The Balaban J connectivity index is -0.0000000360. The van der Waals surface area contributed by atoms with Crippen molar-refractivity contribution in [3.05, 3.63) is 0 Å². The van der Waals surface area contributed by atoms with E-state index >= 15 is 0 Å². The summed E-state index contributed by atoms with van der Waals surface area (Å²) in [5.41, 5.74) is 0. The molecule has 0 fully saturated rings. The lowest BCUT2D eigenvalue weighted by atomic mass is 10.2. The fraction of sp³-hybridized carbons (Fsp3) is 0.913. The molecule has 0 rings (SSSR count). The molecule has 0 saturated heterocycles. The maximum atomic E-state index is 12.6. The van der Waals surface area contributed by atoms with Gasteiger partial charge < -0.3 is 43.7 Å². The highest BCUT2D eigenvalue weighted by atomic mass is 32.2.